The summed E-state index contributed by atoms with van der Waals surface area (Å²) in [7, 11) is 7.55. The summed E-state index contributed by atoms with van der Waals surface area (Å²) in [5.74, 6) is 2.35. The minimum Gasteiger partial charge on any atom is -0.496 e. The summed E-state index contributed by atoms with van der Waals surface area (Å²) in [6.07, 6.45) is 0. The van der Waals surface area contributed by atoms with E-state index in [-0.39, 0.29) is 16.9 Å². The van der Waals surface area contributed by atoms with Crippen LogP contribution in [-0.2, 0) is 0 Å². The SMILES string of the molecule is COc1ccc(-c2oc3cc(OC)c(C)c(OC)c3c(=O)c2OC)cc1OC. The third-order valence-corrected chi connectivity index (χ3v) is 4.57. The second kappa shape index (κ2) is 7.72. The zero-order valence-electron chi connectivity index (χ0n) is 16.7. The summed E-state index contributed by atoms with van der Waals surface area (Å²) in [5, 5.41) is 0.293. The van der Waals surface area contributed by atoms with E-state index in [0.717, 1.165) is 0 Å². The Morgan fingerprint density at radius 2 is 1.39 bits per heavy atom. The minimum atomic E-state index is -0.337. The number of hydrogen-bond acceptors (Lipinski definition) is 7. The van der Waals surface area contributed by atoms with E-state index >= 15 is 0 Å². The van der Waals surface area contributed by atoms with Crippen LogP contribution in [0.1, 0.15) is 5.56 Å². The molecule has 7 nitrogen and oxygen atoms in total. The fourth-order valence-corrected chi connectivity index (χ4v) is 3.20. The second-order valence-electron chi connectivity index (χ2n) is 5.97. The first-order valence-corrected chi connectivity index (χ1v) is 8.49. The molecule has 0 saturated carbocycles. The molecule has 0 atom stereocenters. The van der Waals surface area contributed by atoms with Gasteiger partial charge in [-0.05, 0) is 25.1 Å². The molecule has 148 valence electrons. The van der Waals surface area contributed by atoms with Crippen LogP contribution in [-0.4, -0.2) is 35.5 Å². The Hall–Kier alpha value is -3.35. The molecule has 0 fully saturated rings. The number of ether oxygens (including phenoxy) is 5. The average molecular weight is 386 g/mol. The van der Waals surface area contributed by atoms with Crippen LogP contribution in [0.4, 0.5) is 0 Å². The normalized spacial score (nSPS) is 10.6. The third kappa shape index (κ3) is 2.98. The third-order valence-electron chi connectivity index (χ3n) is 4.57. The van der Waals surface area contributed by atoms with Crippen molar-refractivity contribution in [1.82, 2.24) is 0 Å². The molecule has 0 N–H and O–H groups in total. The van der Waals surface area contributed by atoms with Crippen molar-refractivity contribution in [2.24, 2.45) is 0 Å². The van der Waals surface area contributed by atoms with Gasteiger partial charge in [-0.15, -0.1) is 0 Å². The molecule has 0 aliphatic heterocycles. The molecule has 0 spiro atoms. The predicted octanol–water partition coefficient (Wildman–Crippen LogP) is 3.81. The first-order valence-electron chi connectivity index (χ1n) is 8.49. The van der Waals surface area contributed by atoms with Crippen molar-refractivity contribution < 1.29 is 28.1 Å². The van der Waals surface area contributed by atoms with Gasteiger partial charge in [0.15, 0.2) is 17.3 Å². The van der Waals surface area contributed by atoms with Gasteiger partial charge in [0, 0.05) is 17.2 Å². The van der Waals surface area contributed by atoms with E-state index in [9.17, 15) is 4.79 Å². The Labute approximate surface area is 162 Å². The lowest BCUT2D eigenvalue weighted by Gasteiger charge is -2.15. The Bertz CT molecular complexity index is 1080. The fraction of sp³-hybridized carbons (Fsp3) is 0.286. The molecule has 0 aliphatic rings. The fourth-order valence-electron chi connectivity index (χ4n) is 3.20. The smallest absolute Gasteiger partial charge is 0.239 e. The minimum absolute atomic E-state index is 0.0718. The topological polar surface area (TPSA) is 76.4 Å². The van der Waals surface area contributed by atoms with Crippen molar-refractivity contribution in [2.45, 2.75) is 6.92 Å². The number of fused-ring (bicyclic) bond motifs is 1. The van der Waals surface area contributed by atoms with Gasteiger partial charge in [-0.1, -0.05) is 0 Å². The molecule has 28 heavy (non-hydrogen) atoms. The highest BCUT2D eigenvalue weighted by atomic mass is 16.5. The lowest BCUT2D eigenvalue weighted by atomic mass is 10.1. The summed E-state index contributed by atoms with van der Waals surface area (Å²) in [4.78, 5) is 13.2. The molecule has 3 aromatic rings. The Kier molecular flexibility index (Phi) is 5.35. The van der Waals surface area contributed by atoms with Gasteiger partial charge in [0.05, 0.1) is 35.5 Å². The maximum absolute atomic E-state index is 13.2. The summed E-state index contributed by atoms with van der Waals surface area (Å²) < 4.78 is 33.0. The lowest BCUT2D eigenvalue weighted by molar-refractivity contribution is 0.355. The van der Waals surface area contributed by atoms with Crippen molar-refractivity contribution in [2.75, 3.05) is 35.5 Å². The molecule has 1 aromatic heterocycles. The highest BCUT2D eigenvalue weighted by Gasteiger charge is 2.23. The summed E-state index contributed by atoms with van der Waals surface area (Å²) in [6, 6.07) is 6.87. The molecule has 0 amide bonds. The van der Waals surface area contributed by atoms with Gasteiger partial charge in [-0.3, -0.25) is 4.79 Å². The van der Waals surface area contributed by atoms with Crippen molar-refractivity contribution >= 4 is 11.0 Å². The molecule has 2 aromatic carbocycles. The largest absolute Gasteiger partial charge is 0.496 e. The number of hydrogen-bond donors (Lipinski definition) is 0. The predicted molar refractivity (Wildman–Crippen MR) is 105 cm³/mol. The number of benzene rings is 2. The average Bonchev–Trinajstić information content (AvgIpc) is 2.72. The Balaban J connectivity index is 2.39. The van der Waals surface area contributed by atoms with Crippen LogP contribution >= 0.6 is 0 Å². The second-order valence-corrected chi connectivity index (χ2v) is 5.97. The van der Waals surface area contributed by atoms with Crippen LogP contribution in [0.2, 0.25) is 0 Å². The van der Waals surface area contributed by atoms with Crippen molar-refractivity contribution in [3.8, 4) is 40.1 Å². The van der Waals surface area contributed by atoms with Gasteiger partial charge in [0.25, 0.3) is 0 Å². The molecule has 0 saturated heterocycles. The molecule has 3 rings (SSSR count). The van der Waals surface area contributed by atoms with E-state index in [4.69, 9.17) is 28.1 Å². The van der Waals surface area contributed by atoms with Crippen LogP contribution in [0.5, 0.6) is 28.7 Å². The number of rotatable bonds is 6. The van der Waals surface area contributed by atoms with E-state index in [0.29, 0.717) is 45.1 Å². The highest BCUT2D eigenvalue weighted by Crippen LogP contribution is 2.40. The van der Waals surface area contributed by atoms with Gasteiger partial charge in [0.2, 0.25) is 11.2 Å². The zero-order valence-corrected chi connectivity index (χ0v) is 16.7. The van der Waals surface area contributed by atoms with Crippen LogP contribution in [0, 0.1) is 6.92 Å². The quantitative estimate of drug-likeness (QED) is 0.637. The summed E-state index contributed by atoms with van der Waals surface area (Å²) in [5.41, 5.74) is 1.30. The van der Waals surface area contributed by atoms with Gasteiger partial charge in [-0.25, -0.2) is 0 Å². The standard InChI is InChI=1S/C21H22O7/c1-11-14(24-3)10-16-17(19(11)26-5)18(22)21(27-6)20(28-16)12-7-8-13(23-2)15(9-12)25-4/h7-10H,1-6H3. The first kappa shape index (κ1) is 19.4. The molecular weight excluding hydrogens is 364 g/mol. The monoisotopic (exact) mass is 386 g/mol. The van der Waals surface area contributed by atoms with Crippen LogP contribution < -0.4 is 29.1 Å². The van der Waals surface area contributed by atoms with Gasteiger partial charge in [0.1, 0.15) is 22.5 Å². The van der Waals surface area contributed by atoms with E-state index in [1.165, 1.54) is 21.3 Å². The maximum Gasteiger partial charge on any atom is 0.239 e. The first-order chi connectivity index (χ1) is 13.5. The maximum atomic E-state index is 13.2. The summed E-state index contributed by atoms with van der Waals surface area (Å²) in [6.45, 7) is 1.81. The van der Waals surface area contributed by atoms with Gasteiger partial charge < -0.3 is 28.1 Å². The van der Waals surface area contributed by atoms with Crippen molar-refractivity contribution in [3.63, 3.8) is 0 Å². The van der Waals surface area contributed by atoms with E-state index in [1.54, 1.807) is 38.5 Å². The van der Waals surface area contributed by atoms with E-state index in [2.05, 4.69) is 0 Å². The van der Waals surface area contributed by atoms with Gasteiger partial charge in [-0.2, -0.15) is 0 Å². The summed E-state index contributed by atoms with van der Waals surface area (Å²) >= 11 is 0. The molecule has 0 bridgehead atoms. The molecule has 0 aliphatic carbocycles. The van der Waals surface area contributed by atoms with Crippen LogP contribution in [0.15, 0.2) is 33.5 Å². The van der Waals surface area contributed by atoms with E-state index < -0.39 is 0 Å². The highest BCUT2D eigenvalue weighted by molar-refractivity contribution is 5.90. The lowest BCUT2D eigenvalue weighted by Crippen LogP contribution is -2.10. The van der Waals surface area contributed by atoms with E-state index in [1.807, 2.05) is 6.92 Å². The molecule has 0 unspecified atom stereocenters. The Morgan fingerprint density at radius 3 is 1.96 bits per heavy atom. The van der Waals surface area contributed by atoms with Gasteiger partial charge >= 0.3 is 0 Å². The molecular formula is C21H22O7. The van der Waals surface area contributed by atoms with Crippen molar-refractivity contribution in [3.05, 3.63) is 40.1 Å². The number of methoxy groups -OCH3 is 5. The van der Waals surface area contributed by atoms with Crippen molar-refractivity contribution in [1.29, 1.82) is 0 Å². The Morgan fingerprint density at radius 1 is 0.750 bits per heavy atom. The molecule has 0 radical (unpaired) electrons. The molecule has 7 heteroatoms. The van der Waals surface area contributed by atoms with Crippen LogP contribution in [0.25, 0.3) is 22.3 Å². The zero-order chi connectivity index (χ0) is 20.4. The molecule has 1 heterocycles. The van der Waals surface area contributed by atoms with Crippen LogP contribution in [0.3, 0.4) is 0 Å².